The molecule has 1 rings (SSSR count). The van der Waals surface area contributed by atoms with Gasteiger partial charge in [-0.3, -0.25) is 4.79 Å². The Kier molecular flexibility index (Phi) is 4.97. The Bertz CT molecular complexity index is 547. The number of methoxy groups -OCH3 is 1. The Balaban J connectivity index is 3.30. The lowest BCUT2D eigenvalue weighted by Gasteiger charge is -2.14. The highest BCUT2D eigenvalue weighted by Crippen LogP contribution is 2.37. The molecule has 20 heavy (non-hydrogen) atoms. The van der Waals surface area contributed by atoms with E-state index in [9.17, 15) is 18.0 Å². The maximum atomic E-state index is 12.9. The van der Waals surface area contributed by atoms with Gasteiger partial charge in [-0.25, -0.2) is 0 Å². The van der Waals surface area contributed by atoms with Crippen molar-refractivity contribution in [2.45, 2.75) is 19.5 Å². The lowest BCUT2D eigenvalue weighted by molar-refractivity contribution is -0.143. The molecule has 0 atom stereocenters. The predicted molar refractivity (Wildman–Crippen MR) is 63.0 cm³/mol. The summed E-state index contributed by atoms with van der Waals surface area (Å²) in [6.45, 7) is 1.70. The third kappa shape index (κ3) is 3.63. The average Bonchev–Trinajstić information content (AvgIpc) is 2.37. The molecule has 0 bridgehead atoms. The van der Waals surface area contributed by atoms with Gasteiger partial charge in [0.15, 0.2) is 0 Å². The molecule has 0 aliphatic rings. The van der Waals surface area contributed by atoms with Gasteiger partial charge in [0.1, 0.15) is 5.75 Å². The van der Waals surface area contributed by atoms with Crippen molar-refractivity contribution in [2.24, 2.45) is 0 Å². The second-order valence-corrected chi connectivity index (χ2v) is 3.80. The first-order chi connectivity index (χ1) is 9.33. The second-order valence-electron chi connectivity index (χ2n) is 3.80. The average molecular weight is 287 g/mol. The predicted octanol–water partition coefficient (Wildman–Crippen LogP) is 2.69. The normalized spacial score (nSPS) is 10.8. The lowest BCUT2D eigenvalue weighted by Crippen LogP contribution is -2.13. The SMILES string of the molecule is CCOC(=O)Cc1cc(C(F)(F)F)c(OC)cc1C#N. The van der Waals surface area contributed by atoms with Crippen molar-refractivity contribution < 1.29 is 27.4 Å². The molecule has 1 aromatic rings. The maximum absolute atomic E-state index is 12.9. The van der Waals surface area contributed by atoms with Gasteiger partial charge in [-0.05, 0) is 24.6 Å². The van der Waals surface area contributed by atoms with Gasteiger partial charge < -0.3 is 9.47 Å². The summed E-state index contributed by atoms with van der Waals surface area (Å²) in [5, 5.41) is 8.94. The van der Waals surface area contributed by atoms with E-state index in [1.165, 1.54) is 0 Å². The summed E-state index contributed by atoms with van der Waals surface area (Å²) in [7, 11) is 1.08. The standard InChI is InChI=1S/C13H12F3NO3/c1-3-20-12(18)6-8-4-10(13(14,15)16)11(19-2)5-9(8)7-17/h4-5H,3,6H2,1-2H3. The third-order valence-corrected chi connectivity index (χ3v) is 2.49. The van der Waals surface area contributed by atoms with Crippen molar-refractivity contribution in [3.8, 4) is 11.8 Å². The van der Waals surface area contributed by atoms with Crippen LogP contribution in [0.4, 0.5) is 13.2 Å². The fourth-order valence-corrected chi connectivity index (χ4v) is 1.63. The van der Waals surface area contributed by atoms with Crippen molar-refractivity contribution in [1.82, 2.24) is 0 Å². The van der Waals surface area contributed by atoms with Crippen LogP contribution in [0.2, 0.25) is 0 Å². The summed E-state index contributed by atoms with van der Waals surface area (Å²) < 4.78 is 47.9. The zero-order valence-electron chi connectivity index (χ0n) is 10.9. The maximum Gasteiger partial charge on any atom is 0.419 e. The molecule has 0 aliphatic heterocycles. The molecule has 0 unspecified atom stereocenters. The molecule has 0 N–H and O–H groups in total. The topological polar surface area (TPSA) is 59.3 Å². The highest BCUT2D eigenvalue weighted by atomic mass is 19.4. The number of carbonyl (C=O) groups is 1. The molecule has 0 aromatic heterocycles. The highest BCUT2D eigenvalue weighted by Gasteiger charge is 2.35. The van der Waals surface area contributed by atoms with Crippen LogP contribution in [0.15, 0.2) is 12.1 Å². The molecular weight excluding hydrogens is 275 g/mol. The summed E-state index contributed by atoms with van der Waals surface area (Å²) in [5.41, 5.74) is -1.12. The van der Waals surface area contributed by atoms with Gasteiger partial charge in [-0.2, -0.15) is 18.4 Å². The largest absolute Gasteiger partial charge is 0.496 e. The molecule has 108 valence electrons. The number of hydrogen-bond acceptors (Lipinski definition) is 4. The van der Waals surface area contributed by atoms with Crippen molar-refractivity contribution in [1.29, 1.82) is 5.26 Å². The molecule has 7 heteroatoms. The van der Waals surface area contributed by atoms with Crippen LogP contribution < -0.4 is 4.74 Å². The number of halogens is 3. The molecule has 0 heterocycles. The number of rotatable bonds is 4. The molecule has 0 amide bonds. The van der Waals surface area contributed by atoms with E-state index in [-0.39, 0.29) is 17.7 Å². The van der Waals surface area contributed by atoms with Crippen LogP contribution in [0.1, 0.15) is 23.6 Å². The van der Waals surface area contributed by atoms with E-state index >= 15 is 0 Å². The monoisotopic (exact) mass is 287 g/mol. The Morgan fingerprint density at radius 2 is 2.05 bits per heavy atom. The van der Waals surface area contributed by atoms with Crippen LogP contribution in [-0.2, 0) is 22.1 Å². The summed E-state index contributed by atoms with van der Waals surface area (Å²) >= 11 is 0. The van der Waals surface area contributed by atoms with E-state index < -0.39 is 29.9 Å². The van der Waals surface area contributed by atoms with Gasteiger partial charge in [0.05, 0.1) is 37.3 Å². The Hall–Kier alpha value is -2.23. The fourth-order valence-electron chi connectivity index (χ4n) is 1.63. The van der Waals surface area contributed by atoms with Crippen LogP contribution in [-0.4, -0.2) is 19.7 Å². The highest BCUT2D eigenvalue weighted by molar-refractivity contribution is 5.74. The van der Waals surface area contributed by atoms with Crippen molar-refractivity contribution in [3.63, 3.8) is 0 Å². The van der Waals surface area contributed by atoms with Crippen LogP contribution in [0, 0.1) is 11.3 Å². The number of esters is 1. The van der Waals surface area contributed by atoms with Gasteiger partial charge >= 0.3 is 12.1 Å². The van der Waals surface area contributed by atoms with E-state index in [0.29, 0.717) is 0 Å². The van der Waals surface area contributed by atoms with Gasteiger partial charge in [-0.1, -0.05) is 0 Å². The van der Waals surface area contributed by atoms with E-state index in [1.54, 1.807) is 13.0 Å². The van der Waals surface area contributed by atoms with Crippen LogP contribution in [0.25, 0.3) is 0 Å². The zero-order chi connectivity index (χ0) is 15.3. The van der Waals surface area contributed by atoms with E-state index in [4.69, 9.17) is 5.26 Å². The van der Waals surface area contributed by atoms with Crippen LogP contribution in [0.3, 0.4) is 0 Å². The number of nitrogens with zero attached hydrogens (tertiary/aromatic N) is 1. The summed E-state index contributed by atoms with van der Waals surface area (Å²) in [4.78, 5) is 11.4. The Morgan fingerprint density at radius 1 is 1.40 bits per heavy atom. The van der Waals surface area contributed by atoms with Gasteiger partial charge in [-0.15, -0.1) is 0 Å². The van der Waals surface area contributed by atoms with Crippen molar-refractivity contribution in [3.05, 3.63) is 28.8 Å². The molecule has 0 spiro atoms. The Labute approximate surface area is 113 Å². The minimum atomic E-state index is -4.64. The number of benzene rings is 1. The van der Waals surface area contributed by atoms with Crippen LogP contribution in [0.5, 0.6) is 5.75 Å². The molecule has 0 saturated heterocycles. The molecule has 0 fully saturated rings. The quantitative estimate of drug-likeness (QED) is 0.799. The van der Waals surface area contributed by atoms with Gasteiger partial charge in [0, 0.05) is 0 Å². The summed E-state index contributed by atoms with van der Waals surface area (Å²) in [6.07, 6.45) is -5.04. The van der Waals surface area contributed by atoms with E-state index in [2.05, 4.69) is 9.47 Å². The zero-order valence-corrected chi connectivity index (χ0v) is 10.9. The fraction of sp³-hybridized carbons (Fsp3) is 0.385. The molecule has 0 radical (unpaired) electrons. The lowest BCUT2D eigenvalue weighted by atomic mass is 10.0. The van der Waals surface area contributed by atoms with Gasteiger partial charge in [0.25, 0.3) is 0 Å². The molecule has 1 aromatic carbocycles. The van der Waals surface area contributed by atoms with Crippen molar-refractivity contribution in [2.75, 3.05) is 13.7 Å². The summed E-state index contributed by atoms with van der Waals surface area (Å²) in [6, 6.07) is 3.46. The molecule has 4 nitrogen and oxygen atoms in total. The molecule has 0 aliphatic carbocycles. The first-order valence-corrected chi connectivity index (χ1v) is 5.67. The summed E-state index contributed by atoms with van der Waals surface area (Å²) in [5.74, 6) is -1.15. The smallest absolute Gasteiger partial charge is 0.419 e. The number of hydrogen-bond donors (Lipinski definition) is 0. The Morgan fingerprint density at radius 3 is 2.50 bits per heavy atom. The van der Waals surface area contributed by atoms with Crippen molar-refractivity contribution >= 4 is 5.97 Å². The molecular formula is C13H12F3NO3. The number of nitriles is 1. The van der Waals surface area contributed by atoms with E-state index in [0.717, 1.165) is 19.2 Å². The number of alkyl halides is 3. The minimum absolute atomic E-state index is 0.0425. The number of ether oxygens (including phenoxy) is 2. The first kappa shape index (κ1) is 15.8. The first-order valence-electron chi connectivity index (χ1n) is 5.67. The number of carbonyl (C=O) groups excluding carboxylic acids is 1. The van der Waals surface area contributed by atoms with Crippen LogP contribution >= 0.6 is 0 Å². The third-order valence-electron chi connectivity index (χ3n) is 2.49. The van der Waals surface area contributed by atoms with E-state index in [1.807, 2.05) is 0 Å². The molecule has 0 saturated carbocycles. The van der Waals surface area contributed by atoms with Gasteiger partial charge in [0.2, 0.25) is 0 Å². The second kappa shape index (κ2) is 6.28. The minimum Gasteiger partial charge on any atom is -0.496 e.